The summed E-state index contributed by atoms with van der Waals surface area (Å²) in [6, 6.07) is 7.98. The summed E-state index contributed by atoms with van der Waals surface area (Å²) in [6.45, 7) is 0.227. The van der Waals surface area contributed by atoms with Crippen molar-refractivity contribution in [2.75, 3.05) is 12.4 Å². The fourth-order valence-corrected chi connectivity index (χ4v) is 1.91. The van der Waals surface area contributed by atoms with Crippen molar-refractivity contribution in [2.45, 2.75) is 5.75 Å². The van der Waals surface area contributed by atoms with Crippen molar-refractivity contribution in [3.8, 4) is 0 Å². The molecular formula is C10H12N2OS. The number of para-hydroxylation sites is 2. The van der Waals surface area contributed by atoms with Gasteiger partial charge in [0.25, 0.3) is 0 Å². The minimum absolute atomic E-state index is 0.227. The molecule has 1 heterocycles. The molecule has 0 aliphatic heterocycles. The van der Waals surface area contributed by atoms with E-state index in [2.05, 4.69) is 9.97 Å². The van der Waals surface area contributed by atoms with Crippen molar-refractivity contribution in [3.63, 3.8) is 0 Å². The summed E-state index contributed by atoms with van der Waals surface area (Å²) in [5.41, 5.74) is 2.08. The van der Waals surface area contributed by atoms with Gasteiger partial charge in [0, 0.05) is 5.75 Å². The number of aromatic amines is 1. The molecule has 1 aromatic heterocycles. The average molecular weight is 208 g/mol. The zero-order chi connectivity index (χ0) is 9.80. The van der Waals surface area contributed by atoms with Gasteiger partial charge in [-0.15, -0.1) is 0 Å². The molecular weight excluding hydrogens is 196 g/mol. The first-order valence-electron chi connectivity index (χ1n) is 4.52. The molecule has 3 nitrogen and oxygen atoms in total. The number of hydrogen-bond donors (Lipinski definition) is 2. The molecule has 0 fully saturated rings. The Kier molecular flexibility index (Phi) is 3.06. The molecule has 2 rings (SSSR count). The first-order chi connectivity index (χ1) is 6.90. The summed E-state index contributed by atoms with van der Waals surface area (Å²) < 4.78 is 0. The number of fused-ring (bicyclic) bond motifs is 1. The molecule has 0 unspecified atom stereocenters. The molecule has 14 heavy (non-hydrogen) atoms. The lowest BCUT2D eigenvalue weighted by molar-refractivity contribution is 0.322. The quantitative estimate of drug-likeness (QED) is 0.753. The van der Waals surface area contributed by atoms with E-state index in [1.807, 2.05) is 24.3 Å². The van der Waals surface area contributed by atoms with Crippen LogP contribution < -0.4 is 0 Å². The first kappa shape index (κ1) is 9.55. The van der Waals surface area contributed by atoms with E-state index in [4.69, 9.17) is 5.11 Å². The number of aromatic nitrogens is 2. The zero-order valence-corrected chi connectivity index (χ0v) is 8.55. The zero-order valence-electron chi connectivity index (χ0n) is 7.73. The normalized spacial score (nSPS) is 10.9. The van der Waals surface area contributed by atoms with Crippen LogP contribution in [0, 0.1) is 0 Å². The van der Waals surface area contributed by atoms with Crippen LogP contribution in [0.2, 0.25) is 0 Å². The van der Waals surface area contributed by atoms with Crippen molar-refractivity contribution in [2.24, 2.45) is 0 Å². The largest absolute Gasteiger partial charge is 0.396 e. The number of aliphatic hydroxyl groups excluding tert-OH is 1. The fourth-order valence-electron chi connectivity index (χ4n) is 1.31. The second kappa shape index (κ2) is 4.48. The highest BCUT2D eigenvalue weighted by Gasteiger charge is 2.00. The van der Waals surface area contributed by atoms with Crippen molar-refractivity contribution in [1.29, 1.82) is 0 Å². The van der Waals surface area contributed by atoms with Gasteiger partial charge in [-0.25, -0.2) is 4.98 Å². The minimum Gasteiger partial charge on any atom is -0.396 e. The second-order valence-electron chi connectivity index (χ2n) is 2.98. The molecule has 0 aliphatic carbocycles. The summed E-state index contributed by atoms with van der Waals surface area (Å²) in [7, 11) is 0. The van der Waals surface area contributed by atoms with Gasteiger partial charge in [0.1, 0.15) is 5.82 Å². The summed E-state index contributed by atoms with van der Waals surface area (Å²) in [5, 5.41) is 8.63. The number of nitrogens with zero attached hydrogens (tertiary/aromatic N) is 1. The van der Waals surface area contributed by atoms with Crippen LogP contribution in [0.25, 0.3) is 11.0 Å². The minimum atomic E-state index is 0.227. The van der Waals surface area contributed by atoms with Gasteiger partial charge in [0.15, 0.2) is 0 Å². The SMILES string of the molecule is OCCSCc1nc2ccccc2[nH]1. The predicted molar refractivity (Wildman–Crippen MR) is 59.3 cm³/mol. The van der Waals surface area contributed by atoms with Crippen LogP contribution in [0.3, 0.4) is 0 Å². The molecule has 1 aromatic carbocycles. The molecule has 0 spiro atoms. The Morgan fingerprint density at radius 2 is 2.21 bits per heavy atom. The number of nitrogens with one attached hydrogen (secondary N) is 1. The van der Waals surface area contributed by atoms with Gasteiger partial charge in [-0.3, -0.25) is 0 Å². The Balaban J connectivity index is 2.11. The number of rotatable bonds is 4. The number of benzene rings is 1. The Morgan fingerprint density at radius 1 is 1.36 bits per heavy atom. The highest BCUT2D eigenvalue weighted by atomic mass is 32.2. The summed E-state index contributed by atoms with van der Waals surface area (Å²) in [4.78, 5) is 7.67. The predicted octanol–water partition coefficient (Wildman–Crippen LogP) is 1.79. The molecule has 0 saturated carbocycles. The number of hydrogen-bond acceptors (Lipinski definition) is 3. The van der Waals surface area contributed by atoms with E-state index >= 15 is 0 Å². The lowest BCUT2D eigenvalue weighted by Crippen LogP contribution is -1.89. The van der Waals surface area contributed by atoms with E-state index in [9.17, 15) is 0 Å². The lowest BCUT2D eigenvalue weighted by Gasteiger charge is -1.93. The maximum Gasteiger partial charge on any atom is 0.117 e. The highest BCUT2D eigenvalue weighted by molar-refractivity contribution is 7.98. The third-order valence-corrected chi connectivity index (χ3v) is 2.86. The number of imidazole rings is 1. The fraction of sp³-hybridized carbons (Fsp3) is 0.300. The molecule has 0 radical (unpaired) electrons. The highest BCUT2D eigenvalue weighted by Crippen LogP contribution is 2.14. The maximum absolute atomic E-state index is 8.63. The van der Waals surface area contributed by atoms with Crippen LogP contribution in [0.1, 0.15) is 5.82 Å². The van der Waals surface area contributed by atoms with Crippen LogP contribution in [0.4, 0.5) is 0 Å². The van der Waals surface area contributed by atoms with Gasteiger partial charge in [-0.1, -0.05) is 12.1 Å². The molecule has 4 heteroatoms. The molecule has 0 atom stereocenters. The third-order valence-electron chi connectivity index (χ3n) is 1.91. The van der Waals surface area contributed by atoms with Gasteiger partial charge < -0.3 is 10.1 Å². The molecule has 0 amide bonds. The molecule has 74 valence electrons. The van der Waals surface area contributed by atoms with Gasteiger partial charge in [-0.05, 0) is 12.1 Å². The van der Waals surface area contributed by atoms with E-state index in [-0.39, 0.29) is 6.61 Å². The van der Waals surface area contributed by atoms with Crippen LogP contribution in [-0.2, 0) is 5.75 Å². The summed E-state index contributed by atoms with van der Waals surface area (Å²) >= 11 is 1.68. The average Bonchev–Trinajstić information content (AvgIpc) is 2.60. The standard InChI is InChI=1S/C10H12N2OS/c13-5-6-14-7-10-11-8-3-1-2-4-9(8)12-10/h1-4,13H,5-7H2,(H,11,12). The molecule has 0 aliphatic rings. The Labute approximate surface area is 86.6 Å². The Hall–Kier alpha value is -1.00. The van der Waals surface area contributed by atoms with Crippen LogP contribution in [0.5, 0.6) is 0 Å². The van der Waals surface area contributed by atoms with E-state index in [1.165, 1.54) is 0 Å². The van der Waals surface area contributed by atoms with Gasteiger partial charge in [0.2, 0.25) is 0 Å². The third kappa shape index (κ3) is 2.08. The first-order valence-corrected chi connectivity index (χ1v) is 5.68. The topological polar surface area (TPSA) is 48.9 Å². The maximum atomic E-state index is 8.63. The summed E-state index contributed by atoms with van der Waals surface area (Å²) in [6.07, 6.45) is 0. The molecule has 2 N–H and O–H groups in total. The van der Waals surface area contributed by atoms with E-state index < -0.39 is 0 Å². The molecule has 2 aromatic rings. The number of aliphatic hydroxyl groups is 1. The molecule has 0 saturated heterocycles. The monoisotopic (exact) mass is 208 g/mol. The van der Waals surface area contributed by atoms with E-state index in [1.54, 1.807) is 11.8 Å². The van der Waals surface area contributed by atoms with Gasteiger partial charge >= 0.3 is 0 Å². The van der Waals surface area contributed by atoms with Crippen molar-refractivity contribution in [1.82, 2.24) is 9.97 Å². The second-order valence-corrected chi connectivity index (χ2v) is 4.08. The molecule has 0 bridgehead atoms. The van der Waals surface area contributed by atoms with Gasteiger partial charge in [-0.2, -0.15) is 11.8 Å². The van der Waals surface area contributed by atoms with Crippen LogP contribution in [0.15, 0.2) is 24.3 Å². The van der Waals surface area contributed by atoms with Gasteiger partial charge in [0.05, 0.1) is 23.4 Å². The van der Waals surface area contributed by atoms with Crippen molar-refractivity contribution in [3.05, 3.63) is 30.1 Å². The Morgan fingerprint density at radius 3 is 3.00 bits per heavy atom. The van der Waals surface area contributed by atoms with E-state index in [0.717, 1.165) is 28.4 Å². The van der Waals surface area contributed by atoms with E-state index in [0.29, 0.717) is 0 Å². The lowest BCUT2D eigenvalue weighted by atomic mass is 10.3. The number of thioether (sulfide) groups is 1. The smallest absolute Gasteiger partial charge is 0.117 e. The van der Waals surface area contributed by atoms with Crippen molar-refractivity contribution < 1.29 is 5.11 Å². The number of H-pyrrole nitrogens is 1. The van der Waals surface area contributed by atoms with Crippen LogP contribution in [-0.4, -0.2) is 27.4 Å². The Bertz CT molecular complexity index is 380. The van der Waals surface area contributed by atoms with Crippen molar-refractivity contribution >= 4 is 22.8 Å². The summed E-state index contributed by atoms with van der Waals surface area (Å²) in [5.74, 6) is 2.57. The van der Waals surface area contributed by atoms with Crippen LogP contribution >= 0.6 is 11.8 Å².